The van der Waals surface area contributed by atoms with Gasteiger partial charge in [0.1, 0.15) is 0 Å². The van der Waals surface area contributed by atoms with Crippen LogP contribution in [0.4, 0.5) is 19.1 Å². The zero-order valence-electron chi connectivity index (χ0n) is 18.7. The van der Waals surface area contributed by atoms with Gasteiger partial charge < -0.3 is 10.2 Å². The molecule has 14 heteroatoms. The number of nitrogens with one attached hydrogen (secondary N) is 2. The van der Waals surface area contributed by atoms with Crippen LogP contribution < -0.4 is 10.0 Å². The Labute approximate surface area is 204 Å². The summed E-state index contributed by atoms with van der Waals surface area (Å²) < 4.78 is 72.3. The number of amides is 1. The zero-order chi connectivity index (χ0) is 25.1. The van der Waals surface area contributed by atoms with Gasteiger partial charge in [0.15, 0.2) is 0 Å². The van der Waals surface area contributed by atoms with Crippen molar-refractivity contribution in [1.82, 2.24) is 23.4 Å². The number of halogens is 3. The Kier molecular flexibility index (Phi) is 7.62. The van der Waals surface area contributed by atoms with Crippen molar-refractivity contribution in [2.24, 2.45) is 0 Å². The molecule has 1 aliphatic heterocycles. The first-order valence-corrected chi connectivity index (χ1v) is 13.4. The predicted molar refractivity (Wildman–Crippen MR) is 125 cm³/mol. The maximum Gasteiger partial charge on any atom is 0.471 e. The third-order valence-electron chi connectivity index (χ3n) is 5.76. The van der Waals surface area contributed by atoms with Crippen molar-refractivity contribution in [3.63, 3.8) is 0 Å². The van der Waals surface area contributed by atoms with Crippen molar-refractivity contribution < 1.29 is 26.4 Å². The smallest absolute Gasteiger partial charge is 0.355 e. The molecule has 0 spiro atoms. The number of rotatable bonds is 10. The number of fused-ring (bicyclic) bond motifs is 2. The van der Waals surface area contributed by atoms with Gasteiger partial charge in [-0.05, 0) is 42.5 Å². The van der Waals surface area contributed by atoms with Gasteiger partial charge in [-0.25, -0.2) is 18.1 Å². The summed E-state index contributed by atoms with van der Waals surface area (Å²) >= 11 is 1.32. The third-order valence-corrected chi connectivity index (χ3v) is 7.95. The van der Waals surface area contributed by atoms with E-state index in [9.17, 15) is 26.4 Å². The van der Waals surface area contributed by atoms with E-state index in [-0.39, 0.29) is 31.0 Å². The minimum absolute atomic E-state index is 0.0177. The molecule has 4 rings (SSSR count). The van der Waals surface area contributed by atoms with Crippen molar-refractivity contribution in [3.8, 4) is 0 Å². The Morgan fingerprint density at radius 3 is 2.66 bits per heavy atom. The Morgan fingerprint density at radius 1 is 1.11 bits per heavy atom. The van der Waals surface area contributed by atoms with Crippen LogP contribution in [0, 0.1) is 0 Å². The van der Waals surface area contributed by atoms with Gasteiger partial charge in [-0.15, -0.1) is 0 Å². The number of sulfonamides is 1. The zero-order valence-corrected chi connectivity index (χ0v) is 20.3. The summed E-state index contributed by atoms with van der Waals surface area (Å²) in [7, 11) is -3.81. The molecule has 2 N–H and O–H groups in total. The molecular formula is C21H25F3N6O3S2. The largest absolute Gasteiger partial charge is 0.471 e. The molecule has 0 atom stereocenters. The molecule has 190 valence electrons. The number of hydrogen-bond donors (Lipinski definition) is 2. The van der Waals surface area contributed by atoms with Crippen molar-refractivity contribution in [1.29, 1.82) is 0 Å². The molecule has 0 saturated carbocycles. The van der Waals surface area contributed by atoms with Crippen LogP contribution in [0.3, 0.4) is 0 Å². The second-order valence-corrected chi connectivity index (χ2v) is 10.7. The molecule has 0 unspecified atom stereocenters. The van der Waals surface area contributed by atoms with Crippen LogP contribution in [-0.2, 0) is 27.8 Å². The summed E-state index contributed by atoms with van der Waals surface area (Å²) in [6, 6.07) is 4.41. The fraction of sp³-hybridized carbons (Fsp3) is 0.476. The summed E-state index contributed by atoms with van der Waals surface area (Å²) in [5.41, 5.74) is 1.16. The second kappa shape index (κ2) is 10.5. The number of benzene rings is 1. The lowest BCUT2D eigenvalue weighted by Gasteiger charge is -2.29. The fourth-order valence-electron chi connectivity index (χ4n) is 3.91. The first-order chi connectivity index (χ1) is 16.6. The SMILES string of the molecule is O=C(N1CCc2ccc(S(=O)(=O)NCCCCCCNc3nsc4nccn34)cc2C1)C(F)(F)F. The second-order valence-electron chi connectivity index (χ2n) is 8.23. The number of aromatic nitrogens is 3. The number of anilines is 1. The molecule has 1 aromatic carbocycles. The maximum absolute atomic E-state index is 12.8. The van der Waals surface area contributed by atoms with Crippen LogP contribution >= 0.6 is 11.5 Å². The maximum atomic E-state index is 12.8. The quantitative estimate of drug-likeness (QED) is 0.390. The number of carbonyl (C=O) groups excluding carboxylic acids is 1. The Bertz CT molecular complexity index is 1290. The molecule has 2 aromatic heterocycles. The van der Waals surface area contributed by atoms with Gasteiger partial charge in [0.05, 0.1) is 4.90 Å². The van der Waals surface area contributed by atoms with Gasteiger partial charge in [-0.3, -0.25) is 9.20 Å². The number of nitrogens with zero attached hydrogens (tertiary/aromatic N) is 4. The molecule has 0 fully saturated rings. The topological polar surface area (TPSA) is 109 Å². The lowest BCUT2D eigenvalue weighted by atomic mass is 10.00. The van der Waals surface area contributed by atoms with E-state index in [2.05, 4.69) is 19.4 Å². The summed E-state index contributed by atoms with van der Waals surface area (Å²) in [6.45, 7) is 0.681. The summed E-state index contributed by atoms with van der Waals surface area (Å²) in [5.74, 6) is -1.16. The minimum Gasteiger partial charge on any atom is -0.355 e. The van der Waals surface area contributed by atoms with Gasteiger partial charge in [0.25, 0.3) is 0 Å². The van der Waals surface area contributed by atoms with E-state index in [0.29, 0.717) is 16.9 Å². The van der Waals surface area contributed by atoms with E-state index in [1.54, 1.807) is 12.3 Å². The van der Waals surface area contributed by atoms with E-state index in [4.69, 9.17) is 0 Å². The molecule has 0 aliphatic carbocycles. The Morgan fingerprint density at radius 2 is 1.89 bits per heavy atom. The third kappa shape index (κ3) is 6.11. The van der Waals surface area contributed by atoms with E-state index in [1.165, 1.54) is 23.7 Å². The number of alkyl halides is 3. The highest BCUT2D eigenvalue weighted by molar-refractivity contribution is 7.89. The molecule has 3 aromatic rings. The highest BCUT2D eigenvalue weighted by Gasteiger charge is 2.43. The van der Waals surface area contributed by atoms with Gasteiger partial charge in [0.2, 0.25) is 20.9 Å². The van der Waals surface area contributed by atoms with E-state index in [0.717, 1.165) is 42.3 Å². The van der Waals surface area contributed by atoms with Crippen molar-refractivity contribution in [2.45, 2.75) is 49.7 Å². The highest BCUT2D eigenvalue weighted by atomic mass is 32.2. The van der Waals surface area contributed by atoms with Crippen LogP contribution in [0.5, 0.6) is 0 Å². The van der Waals surface area contributed by atoms with Crippen LogP contribution in [0.1, 0.15) is 36.8 Å². The molecule has 0 radical (unpaired) electrons. The molecule has 35 heavy (non-hydrogen) atoms. The molecular weight excluding hydrogens is 505 g/mol. The monoisotopic (exact) mass is 530 g/mol. The lowest BCUT2D eigenvalue weighted by Crippen LogP contribution is -2.43. The minimum atomic E-state index is -4.95. The normalized spacial score (nSPS) is 14.3. The molecule has 0 bridgehead atoms. The molecule has 1 amide bonds. The van der Waals surface area contributed by atoms with Crippen LogP contribution in [-0.4, -0.2) is 58.8 Å². The standard InChI is InChI=1S/C21H25F3N6O3S2/c22-21(23,24)18(31)29-11-7-15-5-6-17(13-16(15)14-29)35(32,33)27-9-4-2-1-3-8-25-19-28-34-20-26-10-12-30(19)20/h5-6,10,12-13,27H,1-4,7-9,11,14H2,(H,25,28). The molecule has 3 heterocycles. The Balaban J connectivity index is 1.20. The van der Waals surface area contributed by atoms with Gasteiger partial charge >= 0.3 is 12.1 Å². The van der Waals surface area contributed by atoms with Crippen LogP contribution in [0.15, 0.2) is 35.5 Å². The average molecular weight is 531 g/mol. The van der Waals surface area contributed by atoms with Crippen molar-refractivity contribution in [3.05, 3.63) is 41.7 Å². The van der Waals surface area contributed by atoms with Crippen molar-refractivity contribution in [2.75, 3.05) is 25.0 Å². The van der Waals surface area contributed by atoms with E-state index >= 15 is 0 Å². The number of imidazole rings is 1. The summed E-state index contributed by atoms with van der Waals surface area (Å²) in [6.07, 6.45) is 2.15. The lowest BCUT2D eigenvalue weighted by molar-refractivity contribution is -0.186. The first kappa shape index (κ1) is 25.4. The summed E-state index contributed by atoms with van der Waals surface area (Å²) in [4.78, 5) is 17.2. The van der Waals surface area contributed by atoms with Crippen LogP contribution in [0.25, 0.3) is 4.96 Å². The number of hydrogen-bond acceptors (Lipinski definition) is 7. The van der Waals surface area contributed by atoms with Crippen molar-refractivity contribution >= 4 is 38.4 Å². The van der Waals surface area contributed by atoms with E-state index < -0.39 is 22.1 Å². The molecule has 1 aliphatic rings. The predicted octanol–water partition coefficient (Wildman–Crippen LogP) is 3.19. The summed E-state index contributed by atoms with van der Waals surface area (Å²) in [5, 5.41) is 3.26. The number of unbranched alkanes of at least 4 members (excludes halogenated alkanes) is 3. The highest BCUT2D eigenvalue weighted by Crippen LogP contribution is 2.26. The van der Waals surface area contributed by atoms with Gasteiger partial charge in [-0.1, -0.05) is 18.9 Å². The fourth-order valence-corrected chi connectivity index (χ4v) is 5.70. The average Bonchev–Trinajstić information content (AvgIpc) is 3.43. The first-order valence-electron chi connectivity index (χ1n) is 11.2. The molecule has 9 nitrogen and oxygen atoms in total. The van der Waals surface area contributed by atoms with E-state index in [1.807, 2.05) is 10.6 Å². The number of carbonyl (C=O) groups is 1. The molecule has 0 saturated heterocycles. The van der Waals surface area contributed by atoms with Crippen LogP contribution in [0.2, 0.25) is 0 Å². The Hall–Kier alpha value is -2.71. The van der Waals surface area contributed by atoms with Gasteiger partial charge in [-0.2, -0.15) is 17.5 Å². The van der Waals surface area contributed by atoms with Gasteiger partial charge in [0, 0.05) is 50.1 Å².